The van der Waals surface area contributed by atoms with Gasteiger partial charge in [0, 0.05) is 11.8 Å². The van der Waals surface area contributed by atoms with E-state index in [1.807, 2.05) is 38.1 Å². The molecule has 6 nitrogen and oxygen atoms in total. The Morgan fingerprint density at radius 2 is 2.19 bits per heavy atom. The molecule has 1 aromatic carbocycles. The number of carboxylic acid groups (broad SMARTS) is 1. The first-order valence-electron chi connectivity index (χ1n) is 9.39. The Balaban J connectivity index is 1.58. The SMILES string of the molecule is Cc1ccc(C(O)C=CC2C(O)C[C@@H]3C(=NOCCC(=O)O)C[C@@H]23)c(C)c1. The molecule has 2 fully saturated rings. The summed E-state index contributed by atoms with van der Waals surface area (Å²) in [7, 11) is 0. The number of carboxylic acids is 1. The molecule has 2 aliphatic rings. The van der Waals surface area contributed by atoms with Crippen molar-refractivity contribution in [1.82, 2.24) is 0 Å². The molecule has 3 rings (SSSR count). The molecule has 6 heteroatoms. The van der Waals surface area contributed by atoms with Gasteiger partial charge in [0.2, 0.25) is 0 Å². The molecule has 0 amide bonds. The van der Waals surface area contributed by atoms with Crippen LogP contribution >= 0.6 is 0 Å². The van der Waals surface area contributed by atoms with Crippen LogP contribution in [0.4, 0.5) is 0 Å². The predicted molar refractivity (Wildman–Crippen MR) is 101 cm³/mol. The summed E-state index contributed by atoms with van der Waals surface area (Å²) in [5.41, 5.74) is 3.99. The van der Waals surface area contributed by atoms with Gasteiger partial charge < -0.3 is 20.2 Å². The number of nitrogens with zero attached hydrogens (tertiary/aromatic N) is 1. The van der Waals surface area contributed by atoms with Crippen LogP contribution in [-0.2, 0) is 9.63 Å². The molecular formula is C21H27NO5. The van der Waals surface area contributed by atoms with Gasteiger partial charge in [0.15, 0.2) is 0 Å². The lowest BCUT2D eigenvalue weighted by Gasteiger charge is -2.34. The Morgan fingerprint density at radius 3 is 2.89 bits per heavy atom. The fourth-order valence-corrected chi connectivity index (χ4v) is 4.17. The Morgan fingerprint density at radius 1 is 1.41 bits per heavy atom. The van der Waals surface area contributed by atoms with Crippen LogP contribution in [-0.4, -0.2) is 39.7 Å². The predicted octanol–water partition coefficient (Wildman–Crippen LogP) is 2.76. The molecule has 0 heterocycles. The van der Waals surface area contributed by atoms with Crippen molar-refractivity contribution < 1.29 is 25.0 Å². The number of aliphatic carboxylic acids is 1. The fraction of sp³-hybridized carbons (Fsp3) is 0.524. The van der Waals surface area contributed by atoms with Crippen LogP contribution in [0.3, 0.4) is 0 Å². The van der Waals surface area contributed by atoms with Crippen LogP contribution in [0.2, 0.25) is 0 Å². The van der Waals surface area contributed by atoms with E-state index in [9.17, 15) is 15.0 Å². The second-order valence-corrected chi connectivity index (χ2v) is 7.60. The van der Waals surface area contributed by atoms with Crippen molar-refractivity contribution >= 4 is 11.7 Å². The lowest BCUT2D eigenvalue weighted by Crippen LogP contribution is -2.36. The standard InChI is InChI=1S/C21H27NO5/c1-12-3-4-14(13(2)9-12)19(23)6-5-15-16-10-18(17(16)11-20(15)24)22-27-8-7-21(25)26/h3-6,9,15-17,19-20,23-24H,7-8,10-11H2,1-2H3,(H,25,26)/t15?,16-,17-,19?,20?/m0/s1. The van der Waals surface area contributed by atoms with Crippen LogP contribution in [0.1, 0.15) is 42.1 Å². The van der Waals surface area contributed by atoms with E-state index in [1.165, 1.54) is 0 Å². The number of aliphatic hydroxyl groups excluding tert-OH is 2. The van der Waals surface area contributed by atoms with E-state index < -0.39 is 18.2 Å². The van der Waals surface area contributed by atoms with E-state index in [0.29, 0.717) is 12.3 Å². The highest BCUT2D eigenvalue weighted by Gasteiger charge is 2.51. The average molecular weight is 373 g/mol. The largest absolute Gasteiger partial charge is 0.481 e. The molecule has 0 radical (unpaired) electrons. The maximum atomic E-state index is 10.5. The molecule has 27 heavy (non-hydrogen) atoms. The van der Waals surface area contributed by atoms with E-state index in [-0.39, 0.29) is 24.9 Å². The molecule has 1 aromatic rings. The summed E-state index contributed by atoms with van der Waals surface area (Å²) < 4.78 is 0. The summed E-state index contributed by atoms with van der Waals surface area (Å²) in [6.07, 6.45) is 3.84. The lowest BCUT2D eigenvalue weighted by molar-refractivity contribution is -0.138. The Kier molecular flexibility index (Phi) is 5.97. The number of oxime groups is 1. The third-order valence-corrected chi connectivity index (χ3v) is 5.67. The first kappa shape index (κ1) is 19.6. The zero-order chi connectivity index (χ0) is 19.6. The van der Waals surface area contributed by atoms with Crippen molar-refractivity contribution in [1.29, 1.82) is 0 Å². The molecule has 0 saturated heterocycles. The van der Waals surface area contributed by atoms with Gasteiger partial charge in [0.25, 0.3) is 0 Å². The summed E-state index contributed by atoms with van der Waals surface area (Å²) in [5.74, 6) is -0.443. The molecule has 2 saturated carbocycles. The van der Waals surface area contributed by atoms with Crippen molar-refractivity contribution in [2.75, 3.05) is 6.61 Å². The quantitative estimate of drug-likeness (QED) is 0.388. The van der Waals surface area contributed by atoms with Crippen LogP contribution in [0, 0.1) is 31.6 Å². The van der Waals surface area contributed by atoms with Crippen molar-refractivity contribution in [3.05, 3.63) is 47.0 Å². The van der Waals surface area contributed by atoms with Gasteiger partial charge in [-0.05, 0) is 43.7 Å². The molecule has 2 aliphatic carbocycles. The van der Waals surface area contributed by atoms with Crippen LogP contribution in [0.5, 0.6) is 0 Å². The van der Waals surface area contributed by atoms with Gasteiger partial charge in [-0.1, -0.05) is 41.1 Å². The van der Waals surface area contributed by atoms with Gasteiger partial charge in [-0.15, -0.1) is 0 Å². The molecule has 0 spiro atoms. The summed E-state index contributed by atoms with van der Waals surface area (Å²) in [5, 5.41) is 33.5. The number of benzene rings is 1. The molecular weight excluding hydrogens is 346 g/mol. The summed E-state index contributed by atoms with van der Waals surface area (Å²) in [6.45, 7) is 4.07. The minimum Gasteiger partial charge on any atom is -0.481 e. The molecule has 0 bridgehead atoms. The summed E-state index contributed by atoms with van der Waals surface area (Å²) >= 11 is 0. The van der Waals surface area contributed by atoms with E-state index >= 15 is 0 Å². The first-order valence-corrected chi connectivity index (χ1v) is 9.39. The zero-order valence-electron chi connectivity index (χ0n) is 15.7. The highest BCUT2D eigenvalue weighted by Crippen LogP contribution is 2.49. The number of aryl methyl sites for hydroxylation is 2. The molecule has 5 atom stereocenters. The van der Waals surface area contributed by atoms with Gasteiger partial charge in [0.1, 0.15) is 6.61 Å². The Labute approximate surface area is 159 Å². The molecule has 0 aromatic heterocycles. The van der Waals surface area contributed by atoms with Gasteiger partial charge in [0.05, 0.1) is 24.3 Å². The minimum atomic E-state index is -0.912. The number of carbonyl (C=O) groups is 1. The van der Waals surface area contributed by atoms with Crippen molar-refractivity contribution in [2.45, 2.75) is 45.3 Å². The van der Waals surface area contributed by atoms with E-state index in [4.69, 9.17) is 9.94 Å². The highest BCUT2D eigenvalue weighted by molar-refractivity contribution is 5.93. The maximum Gasteiger partial charge on any atom is 0.306 e. The van der Waals surface area contributed by atoms with E-state index in [2.05, 4.69) is 5.16 Å². The topological polar surface area (TPSA) is 99.4 Å². The lowest BCUT2D eigenvalue weighted by atomic mass is 9.71. The van der Waals surface area contributed by atoms with Crippen molar-refractivity contribution in [3.8, 4) is 0 Å². The minimum absolute atomic E-state index is 0.00614. The normalized spacial score (nSPS) is 29.6. The summed E-state index contributed by atoms with van der Waals surface area (Å²) in [6, 6.07) is 5.97. The molecule has 3 N–H and O–H groups in total. The van der Waals surface area contributed by atoms with Gasteiger partial charge in [-0.3, -0.25) is 4.79 Å². The highest BCUT2D eigenvalue weighted by atomic mass is 16.6. The van der Waals surface area contributed by atoms with Crippen LogP contribution in [0.15, 0.2) is 35.5 Å². The number of hydrogen-bond donors (Lipinski definition) is 3. The Bertz CT molecular complexity index is 757. The monoisotopic (exact) mass is 373 g/mol. The van der Waals surface area contributed by atoms with Gasteiger partial charge >= 0.3 is 5.97 Å². The second kappa shape index (κ2) is 8.23. The number of fused-ring (bicyclic) bond motifs is 1. The smallest absolute Gasteiger partial charge is 0.306 e. The van der Waals surface area contributed by atoms with Crippen LogP contribution < -0.4 is 0 Å². The van der Waals surface area contributed by atoms with E-state index in [0.717, 1.165) is 28.8 Å². The van der Waals surface area contributed by atoms with Gasteiger partial charge in [-0.25, -0.2) is 0 Å². The second-order valence-electron chi connectivity index (χ2n) is 7.60. The van der Waals surface area contributed by atoms with Crippen molar-refractivity contribution in [2.24, 2.45) is 22.9 Å². The van der Waals surface area contributed by atoms with Gasteiger partial charge in [-0.2, -0.15) is 0 Å². The average Bonchev–Trinajstić information content (AvgIpc) is 2.83. The maximum absolute atomic E-state index is 10.5. The number of rotatable bonds is 7. The van der Waals surface area contributed by atoms with Crippen molar-refractivity contribution in [3.63, 3.8) is 0 Å². The zero-order valence-corrected chi connectivity index (χ0v) is 15.7. The van der Waals surface area contributed by atoms with Crippen LogP contribution in [0.25, 0.3) is 0 Å². The molecule has 146 valence electrons. The fourth-order valence-electron chi connectivity index (χ4n) is 4.17. The number of aliphatic hydroxyl groups is 2. The number of hydrogen-bond acceptors (Lipinski definition) is 5. The summed E-state index contributed by atoms with van der Waals surface area (Å²) in [4.78, 5) is 15.5. The molecule has 3 unspecified atom stereocenters. The third kappa shape index (κ3) is 4.39. The van der Waals surface area contributed by atoms with E-state index in [1.54, 1.807) is 6.08 Å². The Hall–Kier alpha value is -2.18. The molecule has 0 aliphatic heterocycles. The first-order chi connectivity index (χ1) is 12.9. The third-order valence-electron chi connectivity index (χ3n) is 5.67.